The largest absolute Gasteiger partial charge is 0.507 e. The Morgan fingerprint density at radius 1 is 1.07 bits per heavy atom. The first kappa shape index (κ1) is 18.5. The van der Waals surface area contributed by atoms with Crippen LogP contribution in [0, 0.1) is 0 Å². The first-order valence-electron chi connectivity index (χ1n) is 9.63. The molecule has 0 bridgehead atoms. The number of benzene rings is 2. The van der Waals surface area contributed by atoms with Gasteiger partial charge in [-0.05, 0) is 18.2 Å². The second-order valence-corrected chi connectivity index (χ2v) is 7.50. The zero-order valence-corrected chi connectivity index (χ0v) is 16.2. The van der Waals surface area contributed by atoms with Gasteiger partial charge in [0.25, 0.3) is 0 Å². The zero-order valence-electron chi connectivity index (χ0n) is 16.2. The van der Waals surface area contributed by atoms with Crippen LogP contribution in [0.4, 0.5) is 0 Å². The minimum absolute atomic E-state index is 0.121. The number of methoxy groups -OCH3 is 1. The number of rotatable bonds is 4. The summed E-state index contributed by atoms with van der Waals surface area (Å²) in [6.45, 7) is 4.91. The van der Waals surface area contributed by atoms with E-state index in [0.29, 0.717) is 40.0 Å². The molecule has 28 heavy (non-hydrogen) atoms. The normalized spacial score (nSPS) is 19.6. The van der Waals surface area contributed by atoms with Crippen molar-refractivity contribution < 1.29 is 24.1 Å². The lowest BCUT2D eigenvalue weighted by Gasteiger charge is -2.27. The van der Waals surface area contributed by atoms with Gasteiger partial charge in [-0.2, -0.15) is 0 Å². The van der Waals surface area contributed by atoms with Gasteiger partial charge in [0.15, 0.2) is 0 Å². The van der Waals surface area contributed by atoms with Crippen LogP contribution in [0.25, 0.3) is 22.1 Å². The Morgan fingerprint density at radius 3 is 2.57 bits per heavy atom. The van der Waals surface area contributed by atoms with E-state index in [0.717, 1.165) is 26.2 Å². The highest BCUT2D eigenvalue weighted by atomic mass is 16.5. The molecule has 0 radical (unpaired) electrons. The van der Waals surface area contributed by atoms with Gasteiger partial charge >= 0.3 is 0 Å². The maximum atomic E-state index is 13.2. The van der Waals surface area contributed by atoms with Crippen molar-refractivity contribution in [2.24, 2.45) is 0 Å². The van der Waals surface area contributed by atoms with Crippen molar-refractivity contribution >= 4 is 11.0 Å². The Labute approximate surface area is 163 Å². The highest BCUT2D eigenvalue weighted by molar-refractivity contribution is 5.86. The number of hydrogen-bond donors (Lipinski definition) is 3. The summed E-state index contributed by atoms with van der Waals surface area (Å²) in [6.07, 6.45) is 1.48. The summed E-state index contributed by atoms with van der Waals surface area (Å²) in [5.41, 5.74) is 2.21. The molecule has 0 spiro atoms. The number of phenolic OH excluding ortho intramolecular Hbond substituents is 1. The Bertz CT molecular complexity index is 1050. The molecule has 4 rings (SSSR count). The molecular formula is C22H26N2O4+2. The van der Waals surface area contributed by atoms with Crippen LogP contribution in [0.1, 0.15) is 5.56 Å². The number of fused-ring (bicyclic) bond motifs is 1. The van der Waals surface area contributed by atoms with E-state index >= 15 is 0 Å². The quantitative estimate of drug-likeness (QED) is 0.598. The topological polar surface area (TPSA) is 68.6 Å². The van der Waals surface area contributed by atoms with Gasteiger partial charge in [-0.25, -0.2) is 0 Å². The fourth-order valence-electron chi connectivity index (χ4n) is 3.93. The number of para-hydroxylation sites is 1. The third kappa shape index (κ3) is 3.37. The number of phenols is 1. The van der Waals surface area contributed by atoms with Crippen LogP contribution in [-0.4, -0.2) is 45.4 Å². The summed E-state index contributed by atoms with van der Waals surface area (Å²) in [5, 5.41) is 10.9. The van der Waals surface area contributed by atoms with E-state index in [1.807, 2.05) is 24.3 Å². The maximum Gasteiger partial charge on any atom is 0.200 e. The molecule has 1 aromatic heterocycles. The van der Waals surface area contributed by atoms with Gasteiger partial charge in [-0.3, -0.25) is 4.79 Å². The Kier molecular flexibility index (Phi) is 5.07. The predicted molar refractivity (Wildman–Crippen MR) is 107 cm³/mol. The smallest absolute Gasteiger partial charge is 0.200 e. The van der Waals surface area contributed by atoms with Crippen molar-refractivity contribution in [3.8, 4) is 22.6 Å². The summed E-state index contributed by atoms with van der Waals surface area (Å²) in [6, 6.07) is 10.6. The molecule has 2 heterocycles. The van der Waals surface area contributed by atoms with Crippen molar-refractivity contribution in [2.45, 2.75) is 6.54 Å². The SMILES string of the molecule is COc1ccccc1-c1coc2c(C[NH+]3CC[NH+](C)CC3)c(O)ccc2c1=O. The average Bonchev–Trinajstić information content (AvgIpc) is 2.72. The first-order chi connectivity index (χ1) is 13.6. The van der Waals surface area contributed by atoms with Crippen molar-refractivity contribution in [3.05, 3.63) is 58.4 Å². The highest BCUT2D eigenvalue weighted by Crippen LogP contribution is 2.31. The lowest BCUT2D eigenvalue weighted by atomic mass is 10.0. The summed E-state index contributed by atoms with van der Waals surface area (Å²) < 4.78 is 11.3. The van der Waals surface area contributed by atoms with Crippen LogP contribution in [0.2, 0.25) is 0 Å². The van der Waals surface area contributed by atoms with E-state index in [4.69, 9.17) is 9.15 Å². The van der Waals surface area contributed by atoms with Crippen LogP contribution in [0.15, 0.2) is 51.9 Å². The molecule has 0 atom stereocenters. The standard InChI is InChI=1S/C22H24N2O4/c1-23-9-11-24(12-10-23)13-17-19(25)8-7-16-21(26)18(14-28-22(16)17)15-5-3-4-6-20(15)27-2/h3-8,14,25H,9-13H2,1-2H3/p+2. The molecule has 3 N–H and O–H groups in total. The molecule has 2 aromatic carbocycles. The molecule has 1 aliphatic heterocycles. The molecule has 6 heteroatoms. The fraction of sp³-hybridized carbons (Fsp3) is 0.318. The summed E-state index contributed by atoms with van der Waals surface area (Å²) in [7, 11) is 3.78. The van der Waals surface area contributed by atoms with Gasteiger partial charge in [-0.15, -0.1) is 0 Å². The number of aromatic hydroxyl groups is 1. The van der Waals surface area contributed by atoms with Gasteiger partial charge in [0.1, 0.15) is 56.1 Å². The highest BCUT2D eigenvalue weighted by Gasteiger charge is 2.24. The molecule has 6 nitrogen and oxygen atoms in total. The van der Waals surface area contributed by atoms with Crippen LogP contribution >= 0.6 is 0 Å². The minimum atomic E-state index is -0.121. The van der Waals surface area contributed by atoms with Gasteiger partial charge < -0.3 is 24.1 Å². The van der Waals surface area contributed by atoms with E-state index < -0.39 is 0 Å². The number of piperazine rings is 1. The van der Waals surface area contributed by atoms with Crippen LogP contribution < -0.4 is 20.0 Å². The predicted octanol–water partition coefficient (Wildman–Crippen LogP) is 0.0874. The second-order valence-electron chi connectivity index (χ2n) is 7.50. The number of likely N-dealkylation sites (N-methyl/N-ethyl adjacent to an activating group) is 1. The Hall–Kier alpha value is -2.83. The van der Waals surface area contributed by atoms with Crippen LogP contribution in [0.3, 0.4) is 0 Å². The third-order valence-electron chi connectivity index (χ3n) is 5.65. The van der Waals surface area contributed by atoms with E-state index in [1.165, 1.54) is 16.1 Å². The fourth-order valence-corrected chi connectivity index (χ4v) is 3.93. The Balaban J connectivity index is 1.78. The van der Waals surface area contributed by atoms with Crippen molar-refractivity contribution in [3.63, 3.8) is 0 Å². The summed E-state index contributed by atoms with van der Waals surface area (Å²) >= 11 is 0. The average molecular weight is 382 g/mol. The summed E-state index contributed by atoms with van der Waals surface area (Å²) in [5.74, 6) is 0.803. The van der Waals surface area contributed by atoms with Crippen LogP contribution in [0.5, 0.6) is 11.5 Å². The van der Waals surface area contributed by atoms with Crippen LogP contribution in [-0.2, 0) is 6.54 Å². The molecule has 1 saturated heterocycles. The number of quaternary nitrogens is 2. The van der Waals surface area contributed by atoms with Gasteiger partial charge in [0, 0.05) is 5.56 Å². The Morgan fingerprint density at radius 2 is 1.82 bits per heavy atom. The number of ether oxygens (including phenoxy) is 1. The maximum absolute atomic E-state index is 13.2. The number of hydrogen-bond acceptors (Lipinski definition) is 4. The summed E-state index contributed by atoms with van der Waals surface area (Å²) in [4.78, 5) is 16.1. The molecule has 0 amide bonds. The van der Waals surface area contributed by atoms with Gasteiger partial charge in [-0.1, -0.05) is 18.2 Å². The third-order valence-corrected chi connectivity index (χ3v) is 5.65. The monoisotopic (exact) mass is 382 g/mol. The lowest BCUT2D eigenvalue weighted by Crippen LogP contribution is -3.26. The molecule has 0 saturated carbocycles. The molecule has 3 aromatic rings. The molecule has 146 valence electrons. The van der Waals surface area contributed by atoms with Crippen molar-refractivity contribution in [2.75, 3.05) is 40.3 Å². The van der Waals surface area contributed by atoms with E-state index in [2.05, 4.69) is 7.05 Å². The number of nitrogens with one attached hydrogen (secondary N) is 2. The van der Waals surface area contributed by atoms with E-state index in [9.17, 15) is 9.90 Å². The first-order valence-corrected chi connectivity index (χ1v) is 9.63. The van der Waals surface area contributed by atoms with E-state index in [1.54, 1.807) is 19.2 Å². The molecule has 1 aliphatic rings. The molecule has 1 fully saturated rings. The molecular weight excluding hydrogens is 356 g/mol. The zero-order chi connectivity index (χ0) is 19.7. The minimum Gasteiger partial charge on any atom is -0.507 e. The molecule has 0 aliphatic carbocycles. The van der Waals surface area contributed by atoms with Crippen molar-refractivity contribution in [1.82, 2.24) is 0 Å². The van der Waals surface area contributed by atoms with Gasteiger partial charge in [0.05, 0.1) is 30.7 Å². The van der Waals surface area contributed by atoms with E-state index in [-0.39, 0.29) is 11.2 Å². The second kappa shape index (κ2) is 7.66. The van der Waals surface area contributed by atoms with Crippen molar-refractivity contribution in [1.29, 1.82) is 0 Å². The molecule has 0 unspecified atom stereocenters. The lowest BCUT2D eigenvalue weighted by molar-refractivity contribution is -1.01. The van der Waals surface area contributed by atoms with Gasteiger partial charge in [0.2, 0.25) is 5.43 Å².